The van der Waals surface area contributed by atoms with Crippen LogP contribution in [-0.4, -0.2) is 69.2 Å². The van der Waals surface area contributed by atoms with Gasteiger partial charge in [-0.1, -0.05) is 6.07 Å². The van der Waals surface area contributed by atoms with Crippen molar-refractivity contribution in [1.29, 1.82) is 0 Å². The third-order valence-electron chi connectivity index (χ3n) is 6.37. The fraction of sp³-hybridized carbons (Fsp3) is 0.435. The molecular weight excluding hydrogens is 423 g/mol. The van der Waals surface area contributed by atoms with Crippen LogP contribution in [0.2, 0.25) is 0 Å². The fourth-order valence-electron chi connectivity index (χ4n) is 4.46. The summed E-state index contributed by atoms with van der Waals surface area (Å²) in [7, 11) is 3.92. The summed E-state index contributed by atoms with van der Waals surface area (Å²) in [6.07, 6.45) is 2.19. The number of carbonyl (C=O) groups is 3. The minimum absolute atomic E-state index is 0.0229. The standard InChI is InChI=1S/C23H29BN4O3S/c1-14-11-17(3-4-18(14)23(31)27-9-7-15(25-2)8-10-27)28-13-16(12-21(28)29)26-22(30)19-5-6-20(24)32-19/h3-6,11,15-16,25H,7-10,12-13,24H2,1-2H3,(H,26,30). The molecule has 168 valence electrons. The second-order valence-electron chi connectivity index (χ2n) is 8.64. The number of thiophene rings is 1. The van der Waals surface area contributed by atoms with Crippen molar-refractivity contribution in [2.45, 2.75) is 38.3 Å². The van der Waals surface area contributed by atoms with E-state index in [1.807, 2.05) is 57.0 Å². The van der Waals surface area contributed by atoms with E-state index in [2.05, 4.69) is 10.6 Å². The Balaban J connectivity index is 1.40. The van der Waals surface area contributed by atoms with Crippen LogP contribution in [0.5, 0.6) is 0 Å². The summed E-state index contributed by atoms with van der Waals surface area (Å²) in [4.78, 5) is 42.4. The number of hydrogen-bond acceptors (Lipinski definition) is 5. The molecule has 2 aromatic rings. The lowest BCUT2D eigenvalue weighted by Gasteiger charge is -2.32. The summed E-state index contributed by atoms with van der Waals surface area (Å²) >= 11 is 1.45. The highest BCUT2D eigenvalue weighted by Gasteiger charge is 2.32. The van der Waals surface area contributed by atoms with E-state index in [-0.39, 0.29) is 30.2 Å². The molecule has 2 N–H and O–H groups in total. The SMILES string of the molecule is Bc1ccc(C(=O)NC2CC(=O)N(c3ccc(C(=O)N4CCC(NC)CC4)c(C)c3)C2)s1. The van der Waals surface area contributed by atoms with E-state index in [4.69, 9.17) is 0 Å². The van der Waals surface area contributed by atoms with Crippen molar-refractivity contribution in [2.24, 2.45) is 0 Å². The molecule has 3 heterocycles. The minimum atomic E-state index is -0.229. The van der Waals surface area contributed by atoms with Gasteiger partial charge in [-0.15, -0.1) is 11.3 Å². The number of amides is 3. The predicted octanol–water partition coefficient (Wildman–Crippen LogP) is 0.674. The summed E-state index contributed by atoms with van der Waals surface area (Å²) in [6, 6.07) is 9.53. The second-order valence-corrected chi connectivity index (χ2v) is 9.93. The normalized spacial score (nSPS) is 19.4. The molecule has 3 amide bonds. The lowest BCUT2D eigenvalue weighted by Crippen LogP contribution is -2.44. The average molecular weight is 452 g/mol. The number of likely N-dealkylation sites (tertiary alicyclic amines) is 1. The highest BCUT2D eigenvalue weighted by atomic mass is 32.1. The van der Waals surface area contributed by atoms with Gasteiger partial charge in [0.05, 0.1) is 10.9 Å². The largest absolute Gasteiger partial charge is 0.346 e. The summed E-state index contributed by atoms with van der Waals surface area (Å²) < 4.78 is 1.08. The maximum Gasteiger partial charge on any atom is 0.261 e. The maximum absolute atomic E-state index is 13.0. The molecule has 2 aliphatic rings. The van der Waals surface area contributed by atoms with Gasteiger partial charge in [0.25, 0.3) is 11.8 Å². The van der Waals surface area contributed by atoms with Crippen molar-refractivity contribution in [3.8, 4) is 0 Å². The van der Waals surface area contributed by atoms with Gasteiger partial charge >= 0.3 is 0 Å². The molecule has 1 unspecified atom stereocenters. The molecule has 0 spiro atoms. The lowest BCUT2D eigenvalue weighted by molar-refractivity contribution is -0.117. The van der Waals surface area contributed by atoms with Crippen LogP contribution in [0.15, 0.2) is 30.3 Å². The molecule has 0 bridgehead atoms. The Bertz CT molecular complexity index is 1030. The molecule has 4 rings (SSSR count). The summed E-state index contributed by atoms with van der Waals surface area (Å²) in [5, 5.41) is 6.26. The van der Waals surface area contributed by atoms with Crippen LogP contribution in [0.3, 0.4) is 0 Å². The van der Waals surface area contributed by atoms with Gasteiger partial charge in [-0.25, -0.2) is 0 Å². The zero-order valence-corrected chi connectivity index (χ0v) is 19.6. The van der Waals surface area contributed by atoms with Crippen LogP contribution in [0.25, 0.3) is 0 Å². The van der Waals surface area contributed by atoms with Gasteiger partial charge in [0.15, 0.2) is 7.85 Å². The van der Waals surface area contributed by atoms with Crippen LogP contribution < -0.4 is 20.3 Å². The topological polar surface area (TPSA) is 81.8 Å². The molecule has 0 saturated carbocycles. The van der Waals surface area contributed by atoms with E-state index in [0.717, 1.165) is 42.0 Å². The minimum Gasteiger partial charge on any atom is -0.346 e. The van der Waals surface area contributed by atoms with Gasteiger partial charge in [0.2, 0.25) is 5.91 Å². The molecule has 32 heavy (non-hydrogen) atoms. The van der Waals surface area contributed by atoms with Crippen LogP contribution >= 0.6 is 11.3 Å². The highest BCUT2D eigenvalue weighted by molar-refractivity contribution is 7.21. The number of aryl methyl sites for hydroxylation is 1. The number of carbonyl (C=O) groups excluding carboxylic acids is 3. The average Bonchev–Trinajstić information content (AvgIpc) is 3.38. The Morgan fingerprint density at radius 1 is 1.12 bits per heavy atom. The van der Waals surface area contributed by atoms with Crippen molar-refractivity contribution in [2.75, 3.05) is 31.6 Å². The van der Waals surface area contributed by atoms with Gasteiger partial charge < -0.3 is 20.4 Å². The fourth-order valence-corrected chi connectivity index (χ4v) is 5.23. The smallest absolute Gasteiger partial charge is 0.261 e. The quantitative estimate of drug-likeness (QED) is 0.654. The maximum atomic E-state index is 13.0. The molecule has 0 aliphatic carbocycles. The number of hydrogen-bond donors (Lipinski definition) is 2. The summed E-state index contributed by atoms with van der Waals surface area (Å²) in [5.74, 6) is -0.111. The summed E-state index contributed by atoms with van der Waals surface area (Å²) in [6.45, 7) is 3.85. The number of nitrogens with one attached hydrogen (secondary N) is 2. The third kappa shape index (κ3) is 4.73. The number of rotatable bonds is 5. The number of piperidine rings is 1. The predicted molar refractivity (Wildman–Crippen MR) is 130 cm³/mol. The van der Waals surface area contributed by atoms with E-state index in [1.165, 1.54) is 11.3 Å². The Morgan fingerprint density at radius 2 is 1.88 bits per heavy atom. The number of nitrogens with zero attached hydrogens (tertiary/aromatic N) is 2. The van der Waals surface area contributed by atoms with E-state index >= 15 is 0 Å². The number of benzene rings is 1. The van der Waals surface area contributed by atoms with Gasteiger partial charge in [-0.3, -0.25) is 14.4 Å². The molecule has 1 aromatic heterocycles. The first-order chi connectivity index (χ1) is 15.4. The van der Waals surface area contributed by atoms with E-state index in [9.17, 15) is 14.4 Å². The molecular formula is C23H29BN4O3S. The lowest BCUT2D eigenvalue weighted by atomic mass is 10.0. The Hall–Kier alpha value is -2.65. The van der Waals surface area contributed by atoms with E-state index in [0.29, 0.717) is 23.0 Å². The Kier molecular flexibility index (Phi) is 6.67. The van der Waals surface area contributed by atoms with Gasteiger partial charge in [-0.2, -0.15) is 0 Å². The van der Waals surface area contributed by atoms with E-state index < -0.39 is 0 Å². The third-order valence-corrected chi connectivity index (χ3v) is 7.37. The van der Waals surface area contributed by atoms with Crippen LogP contribution in [0, 0.1) is 6.92 Å². The summed E-state index contributed by atoms with van der Waals surface area (Å²) in [5.41, 5.74) is 2.31. The molecule has 1 atom stereocenters. The van der Waals surface area contributed by atoms with E-state index in [1.54, 1.807) is 4.90 Å². The number of anilines is 1. The van der Waals surface area contributed by atoms with Gasteiger partial charge in [-0.05, 0) is 61.4 Å². The zero-order chi connectivity index (χ0) is 22.8. The zero-order valence-electron chi connectivity index (χ0n) is 18.8. The van der Waals surface area contributed by atoms with Crippen molar-refractivity contribution in [3.63, 3.8) is 0 Å². The molecule has 1 aromatic carbocycles. The molecule has 9 heteroatoms. The van der Waals surface area contributed by atoms with Crippen molar-refractivity contribution in [1.82, 2.24) is 15.5 Å². The van der Waals surface area contributed by atoms with Crippen LogP contribution in [0.1, 0.15) is 44.9 Å². The van der Waals surface area contributed by atoms with Crippen molar-refractivity contribution in [3.05, 3.63) is 46.3 Å². The van der Waals surface area contributed by atoms with Crippen molar-refractivity contribution < 1.29 is 14.4 Å². The molecule has 2 aliphatic heterocycles. The van der Waals surface area contributed by atoms with Gasteiger partial charge in [0, 0.05) is 43.3 Å². The second kappa shape index (κ2) is 9.46. The van der Waals surface area contributed by atoms with Crippen LogP contribution in [-0.2, 0) is 4.79 Å². The first-order valence-electron chi connectivity index (χ1n) is 11.1. The highest BCUT2D eigenvalue weighted by Crippen LogP contribution is 2.26. The van der Waals surface area contributed by atoms with Crippen molar-refractivity contribution >= 4 is 47.4 Å². The monoisotopic (exact) mass is 452 g/mol. The molecule has 0 radical (unpaired) electrons. The Morgan fingerprint density at radius 3 is 2.50 bits per heavy atom. The molecule has 2 fully saturated rings. The van der Waals surface area contributed by atoms with Gasteiger partial charge in [0.1, 0.15) is 0 Å². The first kappa shape index (κ1) is 22.5. The molecule has 7 nitrogen and oxygen atoms in total. The van der Waals surface area contributed by atoms with Crippen LogP contribution in [0.4, 0.5) is 5.69 Å². The Labute approximate surface area is 193 Å². The first-order valence-corrected chi connectivity index (χ1v) is 11.9. The molecule has 2 saturated heterocycles.